The molecule has 0 radical (unpaired) electrons. The number of imidazole rings is 1. The number of thioether (sulfide) groups is 1. The fraction of sp³-hybridized carbons (Fsp3) is 0.211. The SMILES string of the molecule is CCc1nc2c(F)cccc2n1C1=NC=NCN1c1ccc(SC)cc1. The van der Waals surface area contributed by atoms with Crippen LogP contribution in [0, 0.1) is 5.82 Å². The summed E-state index contributed by atoms with van der Waals surface area (Å²) in [6, 6.07) is 13.2. The van der Waals surface area contributed by atoms with E-state index in [0.717, 1.165) is 11.5 Å². The molecule has 0 saturated heterocycles. The third kappa shape index (κ3) is 2.78. The highest BCUT2D eigenvalue weighted by molar-refractivity contribution is 7.98. The molecule has 0 fully saturated rings. The Morgan fingerprint density at radius 1 is 1.15 bits per heavy atom. The van der Waals surface area contributed by atoms with Crippen LogP contribution >= 0.6 is 11.8 Å². The standard InChI is InChI=1S/C19H18FN5S/c1-3-17-23-18-15(20)5-4-6-16(18)25(17)19-22-11-21-12-24(19)13-7-9-14(26-2)10-8-13/h4-11H,3,12H2,1-2H3. The zero-order chi connectivity index (χ0) is 18.1. The lowest BCUT2D eigenvalue weighted by Gasteiger charge is -2.27. The van der Waals surface area contributed by atoms with Gasteiger partial charge in [0.15, 0.2) is 5.82 Å². The van der Waals surface area contributed by atoms with Crippen LogP contribution in [-0.2, 0) is 6.42 Å². The van der Waals surface area contributed by atoms with E-state index in [0.29, 0.717) is 30.1 Å². The van der Waals surface area contributed by atoms with Crippen LogP contribution < -0.4 is 4.90 Å². The Labute approximate surface area is 155 Å². The number of hydrogen-bond acceptors (Lipinski definition) is 5. The average molecular weight is 367 g/mol. The molecule has 0 saturated carbocycles. The van der Waals surface area contributed by atoms with Gasteiger partial charge < -0.3 is 0 Å². The van der Waals surface area contributed by atoms with Crippen molar-refractivity contribution in [3.8, 4) is 0 Å². The number of aryl methyl sites for hydroxylation is 1. The maximum atomic E-state index is 14.2. The molecular formula is C19H18FN5S. The molecule has 1 aromatic heterocycles. The van der Waals surface area contributed by atoms with E-state index in [1.54, 1.807) is 24.2 Å². The second kappa shape index (κ2) is 6.92. The molecule has 0 aliphatic carbocycles. The van der Waals surface area contributed by atoms with E-state index in [1.807, 2.05) is 40.8 Å². The molecule has 0 atom stereocenters. The number of hydrogen-bond donors (Lipinski definition) is 0. The van der Waals surface area contributed by atoms with Gasteiger partial charge in [0.1, 0.15) is 24.3 Å². The summed E-state index contributed by atoms with van der Waals surface area (Å²) in [6.45, 7) is 2.46. The van der Waals surface area contributed by atoms with Crippen molar-refractivity contribution >= 4 is 40.8 Å². The minimum atomic E-state index is -0.322. The number of aliphatic imine (C=N–C) groups is 2. The molecule has 1 aliphatic heterocycles. The Morgan fingerprint density at radius 2 is 1.96 bits per heavy atom. The highest BCUT2D eigenvalue weighted by atomic mass is 32.2. The topological polar surface area (TPSA) is 45.8 Å². The first-order valence-electron chi connectivity index (χ1n) is 8.37. The van der Waals surface area contributed by atoms with Crippen molar-refractivity contribution in [1.82, 2.24) is 9.55 Å². The second-order valence-corrected chi connectivity index (χ2v) is 6.70. The summed E-state index contributed by atoms with van der Waals surface area (Å²) in [4.78, 5) is 16.5. The van der Waals surface area contributed by atoms with Crippen LogP contribution in [0.3, 0.4) is 0 Å². The maximum absolute atomic E-state index is 14.2. The van der Waals surface area contributed by atoms with Gasteiger partial charge in [-0.1, -0.05) is 13.0 Å². The van der Waals surface area contributed by atoms with Crippen molar-refractivity contribution in [2.75, 3.05) is 17.8 Å². The number of rotatable bonds is 3. The van der Waals surface area contributed by atoms with Crippen LogP contribution in [0.2, 0.25) is 0 Å². The van der Waals surface area contributed by atoms with Crippen molar-refractivity contribution < 1.29 is 4.39 Å². The van der Waals surface area contributed by atoms with Gasteiger partial charge in [-0.3, -0.25) is 14.5 Å². The molecule has 5 nitrogen and oxygen atoms in total. The molecule has 0 N–H and O–H groups in total. The number of para-hydroxylation sites is 1. The monoisotopic (exact) mass is 367 g/mol. The smallest absolute Gasteiger partial charge is 0.219 e. The van der Waals surface area contributed by atoms with E-state index >= 15 is 0 Å². The number of anilines is 1. The summed E-state index contributed by atoms with van der Waals surface area (Å²) in [5.74, 6) is 1.13. The Morgan fingerprint density at radius 3 is 2.69 bits per heavy atom. The lowest BCUT2D eigenvalue weighted by molar-refractivity contribution is 0.637. The van der Waals surface area contributed by atoms with Gasteiger partial charge in [0.25, 0.3) is 0 Å². The van der Waals surface area contributed by atoms with Crippen molar-refractivity contribution in [2.24, 2.45) is 9.98 Å². The van der Waals surface area contributed by atoms with Crippen molar-refractivity contribution in [3.05, 3.63) is 54.1 Å². The Bertz CT molecular complexity index is 1010. The van der Waals surface area contributed by atoms with E-state index in [1.165, 1.54) is 11.0 Å². The van der Waals surface area contributed by atoms with Gasteiger partial charge in [-0.2, -0.15) is 0 Å². The van der Waals surface area contributed by atoms with Crippen LogP contribution in [0.4, 0.5) is 10.1 Å². The summed E-state index contributed by atoms with van der Waals surface area (Å²) in [5.41, 5.74) is 2.06. The molecule has 0 amide bonds. The lowest BCUT2D eigenvalue weighted by Crippen LogP contribution is -2.39. The highest BCUT2D eigenvalue weighted by Crippen LogP contribution is 2.25. The van der Waals surface area contributed by atoms with E-state index in [9.17, 15) is 4.39 Å². The molecule has 3 aromatic rings. The predicted octanol–water partition coefficient (Wildman–Crippen LogP) is 4.17. The Kier molecular flexibility index (Phi) is 4.46. The van der Waals surface area contributed by atoms with Crippen molar-refractivity contribution in [3.63, 3.8) is 0 Å². The second-order valence-electron chi connectivity index (χ2n) is 5.82. The zero-order valence-electron chi connectivity index (χ0n) is 14.6. The Hall–Kier alpha value is -2.67. The summed E-state index contributed by atoms with van der Waals surface area (Å²) >= 11 is 1.70. The van der Waals surface area contributed by atoms with E-state index in [-0.39, 0.29) is 5.82 Å². The summed E-state index contributed by atoms with van der Waals surface area (Å²) in [6.07, 6.45) is 4.27. The van der Waals surface area contributed by atoms with Gasteiger partial charge in [-0.05, 0) is 42.7 Å². The molecule has 0 unspecified atom stereocenters. The zero-order valence-corrected chi connectivity index (χ0v) is 15.4. The van der Waals surface area contributed by atoms with Crippen LogP contribution in [0.5, 0.6) is 0 Å². The first kappa shape index (κ1) is 16.8. The quantitative estimate of drug-likeness (QED) is 0.653. The summed E-state index contributed by atoms with van der Waals surface area (Å²) < 4.78 is 16.2. The number of fused-ring (bicyclic) bond motifs is 1. The van der Waals surface area contributed by atoms with Gasteiger partial charge in [-0.25, -0.2) is 14.4 Å². The normalized spacial score (nSPS) is 14.1. The van der Waals surface area contributed by atoms with Crippen LogP contribution in [0.1, 0.15) is 12.7 Å². The Balaban J connectivity index is 1.87. The molecule has 0 bridgehead atoms. The number of nitrogens with zero attached hydrogens (tertiary/aromatic N) is 5. The number of halogens is 1. The van der Waals surface area contributed by atoms with E-state index < -0.39 is 0 Å². The van der Waals surface area contributed by atoms with Gasteiger partial charge >= 0.3 is 0 Å². The third-order valence-corrected chi connectivity index (χ3v) is 5.07. The molecular weight excluding hydrogens is 349 g/mol. The van der Waals surface area contributed by atoms with Gasteiger partial charge in [-0.15, -0.1) is 11.8 Å². The molecule has 7 heteroatoms. The van der Waals surface area contributed by atoms with E-state index in [4.69, 9.17) is 0 Å². The minimum Gasteiger partial charge on any atom is -0.291 e. The number of aromatic nitrogens is 2. The molecule has 132 valence electrons. The van der Waals surface area contributed by atoms with Crippen LogP contribution in [0.25, 0.3) is 11.0 Å². The van der Waals surface area contributed by atoms with Gasteiger partial charge in [0, 0.05) is 17.0 Å². The van der Waals surface area contributed by atoms with Crippen LogP contribution in [0.15, 0.2) is 57.3 Å². The van der Waals surface area contributed by atoms with Crippen molar-refractivity contribution in [2.45, 2.75) is 18.2 Å². The van der Waals surface area contributed by atoms with Gasteiger partial charge in [0.05, 0.1) is 5.52 Å². The molecule has 2 heterocycles. The fourth-order valence-electron chi connectivity index (χ4n) is 3.05. The molecule has 26 heavy (non-hydrogen) atoms. The molecule has 1 aliphatic rings. The largest absolute Gasteiger partial charge is 0.291 e. The lowest BCUT2D eigenvalue weighted by atomic mass is 10.3. The van der Waals surface area contributed by atoms with Crippen LogP contribution in [-0.4, -0.2) is 34.8 Å². The van der Waals surface area contributed by atoms with Crippen molar-refractivity contribution in [1.29, 1.82) is 0 Å². The first-order valence-corrected chi connectivity index (χ1v) is 9.59. The number of benzene rings is 2. The highest BCUT2D eigenvalue weighted by Gasteiger charge is 2.23. The average Bonchev–Trinajstić information content (AvgIpc) is 3.08. The summed E-state index contributed by atoms with van der Waals surface area (Å²) in [5, 5.41) is 0. The minimum absolute atomic E-state index is 0.322. The first-order chi connectivity index (χ1) is 12.7. The molecule has 0 spiro atoms. The maximum Gasteiger partial charge on any atom is 0.219 e. The summed E-state index contributed by atoms with van der Waals surface area (Å²) in [7, 11) is 0. The third-order valence-electron chi connectivity index (χ3n) is 4.33. The fourth-order valence-corrected chi connectivity index (χ4v) is 3.46. The predicted molar refractivity (Wildman–Crippen MR) is 106 cm³/mol. The molecule has 4 rings (SSSR count). The van der Waals surface area contributed by atoms with Gasteiger partial charge in [0.2, 0.25) is 5.96 Å². The van der Waals surface area contributed by atoms with E-state index in [2.05, 4.69) is 27.1 Å². The molecule has 2 aromatic carbocycles.